The Morgan fingerprint density at radius 3 is 2.65 bits per heavy atom. The first-order valence-electron chi connectivity index (χ1n) is 11.8. The van der Waals surface area contributed by atoms with Crippen LogP contribution in [0, 0.1) is 12.7 Å². The number of halogens is 4. The van der Waals surface area contributed by atoms with E-state index in [0.717, 1.165) is 24.0 Å². The number of nitrogens with zero attached hydrogens (tertiary/aromatic N) is 2. The first-order valence-corrected chi connectivity index (χ1v) is 11.8. The van der Waals surface area contributed by atoms with Crippen molar-refractivity contribution in [2.45, 2.75) is 38.4 Å². The van der Waals surface area contributed by atoms with E-state index in [4.69, 9.17) is 4.74 Å². The molecule has 1 aliphatic carbocycles. The second kappa shape index (κ2) is 9.76. The molecule has 0 aliphatic heterocycles. The van der Waals surface area contributed by atoms with Crippen molar-refractivity contribution in [3.63, 3.8) is 0 Å². The Bertz CT molecular complexity index is 1460. The summed E-state index contributed by atoms with van der Waals surface area (Å²) in [4.78, 5) is 17.0. The first kappa shape index (κ1) is 24.6. The minimum absolute atomic E-state index is 0.119. The van der Waals surface area contributed by atoms with Crippen molar-refractivity contribution in [1.82, 2.24) is 14.7 Å². The van der Waals surface area contributed by atoms with Gasteiger partial charge >= 0.3 is 6.18 Å². The van der Waals surface area contributed by atoms with Gasteiger partial charge in [-0.25, -0.2) is 9.37 Å². The van der Waals surface area contributed by atoms with Crippen molar-refractivity contribution in [2.75, 3.05) is 11.9 Å². The van der Waals surface area contributed by atoms with Crippen LogP contribution in [0.25, 0.3) is 16.9 Å². The van der Waals surface area contributed by atoms with Crippen molar-refractivity contribution in [3.8, 4) is 22.8 Å². The monoisotopic (exact) mass is 512 g/mol. The number of rotatable bonds is 8. The third-order valence-electron chi connectivity index (χ3n) is 6.02. The van der Waals surface area contributed by atoms with Gasteiger partial charge in [0.15, 0.2) is 5.65 Å². The van der Waals surface area contributed by atoms with Crippen molar-refractivity contribution in [2.24, 2.45) is 0 Å². The Morgan fingerprint density at radius 1 is 1.14 bits per heavy atom. The van der Waals surface area contributed by atoms with Gasteiger partial charge in [0.05, 0.1) is 30.2 Å². The highest BCUT2D eigenvalue weighted by Gasteiger charge is 2.27. The molecule has 1 aliphatic rings. The largest absolute Gasteiger partial charge is 0.456 e. The van der Waals surface area contributed by atoms with Gasteiger partial charge in [-0.3, -0.25) is 9.20 Å². The Balaban J connectivity index is 1.51. The lowest BCUT2D eigenvalue weighted by atomic mass is 10.0. The maximum atomic E-state index is 13.7. The number of pyridine rings is 1. The third kappa shape index (κ3) is 5.84. The highest BCUT2D eigenvalue weighted by atomic mass is 19.4. The smallest absolute Gasteiger partial charge is 0.390 e. The molecule has 0 spiro atoms. The van der Waals surface area contributed by atoms with Crippen molar-refractivity contribution >= 4 is 17.2 Å². The number of ether oxygens (including phenoxy) is 1. The number of carbonyl (C=O) groups is 1. The molecule has 0 unspecified atom stereocenters. The molecule has 0 saturated heterocycles. The number of aryl methyl sites for hydroxylation is 1. The van der Waals surface area contributed by atoms with Crippen LogP contribution in [-0.2, 0) is 0 Å². The molecular formula is C27H24F4N4O2. The molecule has 6 nitrogen and oxygen atoms in total. The van der Waals surface area contributed by atoms with Crippen LogP contribution in [0.5, 0.6) is 11.5 Å². The number of fused-ring (bicyclic) bond motifs is 1. The number of nitrogens with one attached hydrogen (secondary N) is 2. The van der Waals surface area contributed by atoms with E-state index in [1.54, 1.807) is 35.0 Å². The van der Waals surface area contributed by atoms with Gasteiger partial charge in [0.25, 0.3) is 5.91 Å². The summed E-state index contributed by atoms with van der Waals surface area (Å²) in [5, 5.41) is 5.77. The summed E-state index contributed by atoms with van der Waals surface area (Å²) in [6, 6.07) is 12.8. The SMILES string of the molecule is Cc1cc(-c2cnc3c(NCCC(F)(F)F)cc(Oc4cccc(F)c4)cn23)ccc1C(=O)NC1CC1. The van der Waals surface area contributed by atoms with Gasteiger partial charge in [-0.1, -0.05) is 12.1 Å². The van der Waals surface area contributed by atoms with Crippen molar-refractivity contribution < 1.29 is 27.1 Å². The minimum Gasteiger partial charge on any atom is -0.456 e. The maximum absolute atomic E-state index is 13.7. The highest BCUT2D eigenvalue weighted by Crippen LogP contribution is 2.32. The van der Waals surface area contributed by atoms with Gasteiger partial charge in [0.2, 0.25) is 0 Å². The van der Waals surface area contributed by atoms with Crippen LogP contribution in [-0.4, -0.2) is 34.1 Å². The zero-order chi connectivity index (χ0) is 26.2. The number of alkyl halides is 3. The predicted molar refractivity (Wildman–Crippen MR) is 131 cm³/mol. The van der Waals surface area contributed by atoms with E-state index in [1.165, 1.54) is 24.3 Å². The summed E-state index contributed by atoms with van der Waals surface area (Å²) in [6.45, 7) is 1.49. The molecule has 0 bridgehead atoms. The normalized spacial score (nSPS) is 13.5. The fourth-order valence-corrected chi connectivity index (χ4v) is 4.04. The molecule has 192 valence electrons. The Hall–Kier alpha value is -4.08. The summed E-state index contributed by atoms with van der Waals surface area (Å²) >= 11 is 0. The van der Waals surface area contributed by atoms with Crippen molar-refractivity contribution in [1.29, 1.82) is 0 Å². The van der Waals surface area contributed by atoms with Crippen LogP contribution >= 0.6 is 0 Å². The molecular weight excluding hydrogens is 488 g/mol. The lowest BCUT2D eigenvalue weighted by molar-refractivity contribution is -0.131. The molecule has 2 aromatic carbocycles. The van der Waals surface area contributed by atoms with Gasteiger partial charge in [-0.15, -0.1) is 0 Å². The Kier molecular flexibility index (Phi) is 6.49. The van der Waals surface area contributed by atoms with Crippen LogP contribution in [0.1, 0.15) is 35.2 Å². The zero-order valence-electron chi connectivity index (χ0n) is 19.9. The highest BCUT2D eigenvalue weighted by molar-refractivity contribution is 5.96. The molecule has 1 saturated carbocycles. The van der Waals surface area contributed by atoms with E-state index in [2.05, 4.69) is 15.6 Å². The molecule has 2 heterocycles. The van der Waals surface area contributed by atoms with E-state index in [-0.39, 0.29) is 30.0 Å². The third-order valence-corrected chi connectivity index (χ3v) is 6.02. The summed E-state index contributed by atoms with van der Waals surface area (Å²) in [7, 11) is 0. The summed E-state index contributed by atoms with van der Waals surface area (Å²) in [5.74, 6) is -0.0773. The molecule has 1 fully saturated rings. The van der Waals surface area contributed by atoms with Gasteiger partial charge in [0.1, 0.15) is 17.3 Å². The Labute approximate surface area is 210 Å². The standard InChI is InChI=1S/C27H24F4N4O2/c1-16-11-17(5-8-22(16)26(36)34-19-6-7-19)24-14-33-25-23(32-10-9-27(29,30)31)13-21(15-35(24)25)37-20-4-2-3-18(28)12-20/h2-5,8,11-15,19,32H,6-7,9-10H2,1H3,(H,34,36). The second-order valence-corrected chi connectivity index (χ2v) is 9.06. The zero-order valence-corrected chi connectivity index (χ0v) is 19.9. The molecule has 37 heavy (non-hydrogen) atoms. The molecule has 4 aromatic rings. The van der Waals surface area contributed by atoms with E-state index in [1.807, 2.05) is 13.0 Å². The van der Waals surface area contributed by atoms with Gasteiger partial charge in [-0.2, -0.15) is 13.2 Å². The van der Waals surface area contributed by atoms with E-state index in [9.17, 15) is 22.4 Å². The molecule has 2 aromatic heterocycles. The summed E-state index contributed by atoms with van der Waals surface area (Å²) in [6.07, 6.45) is -0.112. The molecule has 10 heteroatoms. The fourth-order valence-electron chi connectivity index (χ4n) is 4.04. The number of amides is 1. The lowest BCUT2D eigenvalue weighted by Gasteiger charge is -2.14. The maximum Gasteiger partial charge on any atom is 0.390 e. The van der Waals surface area contributed by atoms with Gasteiger partial charge in [-0.05, 0) is 49.6 Å². The number of hydrogen-bond donors (Lipinski definition) is 2. The Morgan fingerprint density at radius 2 is 1.95 bits per heavy atom. The summed E-state index contributed by atoms with van der Waals surface area (Å²) in [5.41, 5.74) is 3.50. The van der Waals surface area contributed by atoms with Crippen LogP contribution in [0.4, 0.5) is 23.2 Å². The van der Waals surface area contributed by atoms with Crippen LogP contribution < -0.4 is 15.4 Å². The molecule has 2 N–H and O–H groups in total. The topological polar surface area (TPSA) is 67.7 Å². The van der Waals surface area contributed by atoms with Crippen molar-refractivity contribution in [3.05, 3.63) is 77.9 Å². The molecule has 5 rings (SSSR count). The van der Waals surface area contributed by atoms with Crippen LogP contribution in [0.15, 0.2) is 60.9 Å². The number of carbonyl (C=O) groups excluding carboxylic acids is 1. The number of benzene rings is 2. The quantitative estimate of drug-likeness (QED) is 0.265. The van der Waals surface area contributed by atoms with Crippen LogP contribution in [0.2, 0.25) is 0 Å². The predicted octanol–water partition coefficient (Wildman–Crippen LogP) is 6.50. The van der Waals surface area contributed by atoms with Gasteiger partial charge in [0, 0.05) is 35.8 Å². The second-order valence-electron chi connectivity index (χ2n) is 9.06. The summed E-state index contributed by atoms with van der Waals surface area (Å²) < 4.78 is 59.5. The van der Waals surface area contributed by atoms with E-state index >= 15 is 0 Å². The average Bonchev–Trinajstić information content (AvgIpc) is 3.53. The fraction of sp³-hybridized carbons (Fsp3) is 0.259. The van der Waals surface area contributed by atoms with Gasteiger partial charge < -0.3 is 15.4 Å². The lowest BCUT2D eigenvalue weighted by Crippen LogP contribution is -2.26. The number of aromatic nitrogens is 2. The molecule has 0 atom stereocenters. The minimum atomic E-state index is -4.31. The van der Waals surface area contributed by atoms with Crippen LogP contribution in [0.3, 0.4) is 0 Å². The number of hydrogen-bond acceptors (Lipinski definition) is 4. The number of anilines is 1. The molecule has 0 radical (unpaired) electrons. The number of imidazole rings is 1. The first-order chi connectivity index (χ1) is 17.7. The average molecular weight is 513 g/mol. The van der Waals surface area contributed by atoms with E-state index < -0.39 is 18.4 Å². The molecule has 1 amide bonds. The van der Waals surface area contributed by atoms with E-state index in [0.29, 0.717) is 22.6 Å².